The van der Waals surface area contributed by atoms with Crippen LogP contribution in [-0.2, 0) is 18.3 Å². The third kappa shape index (κ3) is 2.31. The zero-order valence-electron chi connectivity index (χ0n) is 12.0. The van der Waals surface area contributed by atoms with Gasteiger partial charge >= 0.3 is 0 Å². The minimum Gasteiger partial charge on any atom is -0.375 e. The van der Waals surface area contributed by atoms with Gasteiger partial charge in [-0.05, 0) is 19.3 Å². The van der Waals surface area contributed by atoms with E-state index in [0.717, 1.165) is 36.6 Å². The Morgan fingerprint density at radius 1 is 1.38 bits per heavy atom. The predicted molar refractivity (Wildman–Crippen MR) is 79.1 cm³/mol. The summed E-state index contributed by atoms with van der Waals surface area (Å²) < 4.78 is 7.59. The lowest BCUT2D eigenvalue weighted by Gasteiger charge is -2.37. The van der Waals surface area contributed by atoms with Crippen LogP contribution in [0.15, 0.2) is 6.20 Å². The molecule has 2 atom stereocenters. The zero-order valence-corrected chi connectivity index (χ0v) is 12.8. The van der Waals surface area contributed by atoms with Gasteiger partial charge in [-0.3, -0.25) is 9.58 Å². The third-order valence-electron chi connectivity index (χ3n) is 4.53. The second kappa shape index (κ2) is 5.19. The topological polar surface area (TPSA) is 56.1 Å². The fraction of sp³-hybridized carbons (Fsp3) is 0.643. The van der Waals surface area contributed by atoms with Gasteiger partial charge in [-0.1, -0.05) is 11.6 Å². The maximum absolute atomic E-state index is 6.26. The van der Waals surface area contributed by atoms with Crippen LogP contribution in [0.5, 0.6) is 0 Å². The first-order valence-electron chi connectivity index (χ1n) is 7.42. The molecule has 2 aromatic rings. The highest BCUT2D eigenvalue weighted by Gasteiger charge is 2.36. The van der Waals surface area contributed by atoms with Crippen LogP contribution >= 0.6 is 11.6 Å². The molecule has 1 aliphatic heterocycles. The lowest BCUT2D eigenvalue weighted by Crippen LogP contribution is -2.48. The molecule has 21 heavy (non-hydrogen) atoms. The molecule has 2 unspecified atom stereocenters. The van der Waals surface area contributed by atoms with E-state index in [1.807, 2.05) is 7.05 Å². The summed E-state index contributed by atoms with van der Waals surface area (Å²) in [6.07, 6.45) is 5.71. The number of rotatable bonds is 2. The standard InChI is InChI=1S/C14H18ClN5O/c1-19-14-9(7-16-19)13(15)17-12(18-14)8-20-5-6-21-11-4-2-3-10(11)20/h7,10-11H,2-6,8H2,1H3. The molecule has 112 valence electrons. The van der Waals surface area contributed by atoms with E-state index in [0.29, 0.717) is 17.3 Å². The molecule has 6 nitrogen and oxygen atoms in total. The number of aromatic nitrogens is 4. The number of aryl methyl sites for hydroxylation is 1. The van der Waals surface area contributed by atoms with E-state index in [9.17, 15) is 0 Å². The fourth-order valence-corrected chi connectivity index (χ4v) is 3.72. The van der Waals surface area contributed by atoms with E-state index in [1.165, 1.54) is 19.3 Å². The number of morpholine rings is 1. The number of hydrogen-bond donors (Lipinski definition) is 0. The molecular weight excluding hydrogens is 290 g/mol. The molecule has 0 radical (unpaired) electrons. The van der Waals surface area contributed by atoms with Crippen LogP contribution in [-0.4, -0.2) is 49.9 Å². The molecule has 4 rings (SSSR count). The molecule has 3 heterocycles. The molecule has 2 fully saturated rings. The molecule has 0 amide bonds. The quantitative estimate of drug-likeness (QED) is 0.792. The van der Waals surface area contributed by atoms with E-state index >= 15 is 0 Å². The van der Waals surface area contributed by atoms with E-state index in [-0.39, 0.29) is 0 Å². The number of fused-ring (bicyclic) bond motifs is 2. The van der Waals surface area contributed by atoms with Crippen molar-refractivity contribution in [3.05, 3.63) is 17.2 Å². The minimum atomic E-state index is 0.384. The van der Waals surface area contributed by atoms with Gasteiger partial charge in [0.1, 0.15) is 11.0 Å². The SMILES string of the molecule is Cn1ncc2c(Cl)nc(CN3CCOC4CCCC43)nc21. The number of nitrogens with zero attached hydrogens (tertiary/aromatic N) is 5. The maximum Gasteiger partial charge on any atom is 0.162 e. The first-order chi connectivity index (χ1) is 10.2. The summed E-state index contributed by atoms with van der Waals surface area (Å²) in [4.78, 5) is 11.5. The molecule has 0 N–H and O–H groups in total. The first kappa shape index (κ1) is 13.4. The summed E-state index contributed by atoms with van der Waals surface area (Å²) >= 11 is 6.26. The van der Waals surface area contributed by atoms with Crippen molar-refractivity contribution in [1.82, 2.24) is 24.6 Å². The van der Waals surface area contributed by atoms with Gasteiger partial charge in [0.2, 0.25) is 0 Å². The number of halogens is 1. The van der Waals surface area contributed by atoms with Gasteiger partial charge in [0, 0.05) is 19.6 Å². The highest BCUT2D eigenvalue weighted by atomic mass is 35.5. The van der Waals surface area contributed by atoms with Crippen molar-refractivity contribution in [2.24, 2.45) is 7.05 Å². The van der Waals surface area contributed by atoms with Crippen molar-refractivity contribution < 1.29 is 4.74 Å². The Hall–Kier alpha value is -1.24. The van der Waals surface area contributed by atoms with Crippen LogP contribution in [0, 0.1) is 0 Å². The molecule has 0 aromatic carbocycles. The van der Waals surface area contributed by atoms with Crippen LogP contribution in [0.1, 0.15) is 25.1 Å². The summed E-state index contributed by atoms with van der Waals surface area (Å²) in [5, 5.41) is 5.49. The summed E-state index contributed by atoms with van der Waals surface area (Å²) in [7, 11) is 1.87. The van der Waals surface area contributed by atoms with Crippen molar-refractivity contribution in [2.75, 3.05) is 13.2 Å². The molecule has 0 bridgehead atoms. The molecular formula is C14H18ClN5O. The molecule has 1 aliphatic carbocycles. The Balaban J connectivity index is 1.63. The van der Waals surface area contributed by atoms with Crippen LogP contribution in [0.4, 0.5) is 0 Å². The lowest BCUT2D eigenvalue weighted by molar-refractivity contribution is -0.0595. The normalized spacial score (nSPS) is 26.4. The van der Waals surface area contributed by atoms with E-state index in [1.54, 1.807) is 10.9 Å². The monoisotopic (exact) mass is 307 g/mol. The van der Waals surface area contributed by atoms with Gasteiger partial charge in [-0.2, -0.15) is 5.10 Å². The summed E-state index contributed by atoms with van der Waals surface area (Å²) in [6, 6.07) is 0.503. The van der Waals surface area contributed by atoms with Crippen molar-refractivity contribution in [3.63, 3.8) is 0 Å². The first-order valence-corrected chi connectivity index (χ1v) is 7.80. The van der Waals surface area contributed by atoms with Crippen LogP contribution in [0.3, 0.4) is 0 Å². The van der Waals surface area contributed by atoms with Crippen molar-refractivity contribution >= 4 is 22.6 Å². The van der Waals surface area contributed by atoms with Crippen LogP contribution in [0.25, 0.3) is 11.0 Å². The molecule has 2 aromatic heterocycles. The summed E-state index contributed by atoms with van der Waals surface area (Å²) in [6.45, 7) is 2.46. The van der Waals surface area contributed by atoms with E-state index in [2.05, 4.69) is 20.0 Å². The second-order valence-corrected chi connectivity index (χ2v) is 6.17. The number of ether oxygens (including phenoxy) is 1. The number of hydrogen-bond acceptors (Lipinski definition) is 5. The Kier molecular flexibility index (Phi) is 3.32. The molecule has 2 aliphatic rings. The molecule has 0 spiro atoms. The lowest BCUT2D eigenvalue weighted by atomic mass is 10.1. The Labute approximate surface area is 128 Å². The Morgan fingerprint density at radius 3 is 3.19 bits per heavy atom. The van der Waals surface area contributed by atoms with Crippen molar-refractivity contribution in [1.29, 1.82) is 0 Å². The van der Waals surface area contributed by atoms with Gasteiger partial charge in [-0.25, -0.2) is 9.97 Å². The van der Waals surface area contributed by atoms with Gasteiger partial charge < -0.3 is 4.74 Å². The molecule has 1 saturated carbocycles. The average molecular weight is 308 g/mol. The summed E-state index contributed by atoms with van der Waals surface area (Å²) in [5.41, 5.74) is 0.793. The van der Waals surface area contributed by atoms with Crippen molar-refractivity contribution in [2.45, 2.75) is 38.0 Å². The van der Waals surface area contributed by atoms with Gasteiger partial charge in [0.15, 0.2) is 5.65 Å². The average Bonchev–Trinajstić information content (AvgIpc) is 3.07. The van der Waals surface area contributed by atoms with Gasteiger partial charge in [-0.15, -0.1) is 0 Å². The highest BCUT2D eigenvalue weighted by Crippen LogP contribution is 2.30. The maximum atomic E-state index is 6.26. The largest absolute Gasteiger partial charge is 0.375 e. The molecule has 1 saturated heterocycles. The second-order valence-electron chi connectivity index (χ2n) is 5.81. The third-order valence-corrected chi connectivity index (χ3v) is 4.82. The van der Waals surface area contributed by atoms with Crippen LogP contribution in [0.2, 0.25) is 5.15 Å². The molecule has 7 heteroatoms. The van der Waals surface area contributed by atoms with E-state index < -0.39 is 0 Å². The smallest absolute Gasteiger partial charge is 0.162 e. The predicted octanol–water partition coefficient (Wildman–Crippen LogP) is 1.77. The fourth-order valence-electron chi connectivity index (χ4n) is 3.48. The zero-order chi connectivity index (χ0) is 14.4. The summed E-state index contributed by atoms with van der Waals surface area (Å²) in [5.74, 6) is 0.767. The van der Waals surface area contributed by atoms with Crippen molar-refractivity contribution in [3.8, 4) is 0 Å². The Morgan fingerprint density at radius 2 is 2.29 bits per heavy atom. The van der Waals surface area contributed by atoms with Gasteiger partial charge in [0.05, 0.1) is 30.8 Å². The van der Waals surface area contributed by atoms with Crippen LogP contribution < -0.4 is 0 Å². The highest BCUT2D eigenvalue weighted by molar-refractivity contribution is 6.33. The van der Waals surface area contributed by atoms with Gasteiger partial charge in [0.25, 0.3) is 0 Å². The Bertz CT molecular complexity index is 673. The minimum absolute atomic E-state index is 0.384. The van der Waals surface area contributed by atoms with E-state index in [4.69, 9.17) is 16.3 Å².